The molecule has 128 valence electrons. The Morgan fingerprint density at radius 3 is 2.42 bits per heavy atom. The molecule has 0 aliphatic heterocycles. The van der Waals surface area contributed by atoms with E-state index in [0.29, 0.717) is 16.8 Å². The average Bonchev–Trinajstić information content (AvgIpc) is 2.61. The summed E-state index contributed by atoms with van der Waals surface area (Å²) in [4.78, 5) is 0. The summed E-state index contributed by atoms with van der Waals surface area (Å²) in [7, 11) is 3.26. The maximum absolute atomic E-state index is 5.47. The van der Waals surface area contributed by atoms with Gasteiger partial charge in [-0.1, -0.05) is 32.0 Å². The van der Waals surface area contributed by atoms with Gasteiger partial charge in [0.1, 0.15) is 11.5 Å². The van der Waals surface area contributed by atoms with Crippen molar-refractivity contribution in [2.75, 3.05) is 24.9 Å². The molecule has 2 aromatic rings. The van der Waals surface area contributed by atoms with Crippen LogP contribution < -0.4 is 20.1 Å². The molecule has 0 saturated carbocycles. The highest BCUT2D eigenvalue weighted by Crippen LogP contribution is 2.30. The Morgan fingerprint density at radius 1 is 1.04 bits per heavy atom. The van der Waals surface area contributed by atoms with Gasteiger partial charge in [0.15, 0.2) is 5.11 Å². The minimum absolute atomic E-state index is 0.461. The summed E-state index contributed by atoms with van der Waals surface area (Å²) in [6.07, 6.45) is 1.07. The van der Waals surface area contributed by atoms with Crippen LogP contribution in [0.4, 0.5) is 11.4 Å². The van der Waals surface area contributed by atoms with Gasteiger partial charge in [-0.3, -0.25) is 0 Å². The molecular weight excluding hydrogens is 320 g/mol. The molecule has 0 aliphatic carbocycles. The molecule has 0 fully saturated rings. The van der Waals surface area contributed by atoms with E-state index in [0.717, 1.165) is 23.5 Å². The second-order valence-electron chi connectivity index (χ2n) is 5.54. The Kier molecular flexibility index (Phi) is 6.44. The summed E-state index contributed by atoms with van der Waals surface area (Å²) in [5, 5.41) is 6.98. The van der Waals surface area contributed by atoms with Crippen LogP contribution in [-0.2, 0) is 0 Å². The number of nitrogens with one attached hydrogen (secondary N) is 2. The maximum atomic E-state index is 5.47. The van der Waals surface area contributed by atoms with Gasteiger partial charge in [-0.05, 0) is 48.3 Å². The predicted octanol–water partition coefficient (Wildman–Crippen LogP) is 5.03. The first kappa shape index (κ1) is 18.1. The summed E-state index contributed by atoms with van der Waals surface area (Å²) in [5.74, 6) is 1.90. The van der Waals surface area contributed by atoms with E-state index in [4.69, 9.17) is 21.7 Å². The number of hydrogen-bond donors (Lipinski definition) is 2. The fourth-order valence-corrected chi connectivity index (χ4v) is 2.67. The topological polar surface area (TPSA) is 42.5 Å². The lowest BCUT2D eigenvalue weighted by molar-refractivity contribution is 0.405. The first-order valence-corrected chi connectivity index (χ1v) is 8.38. The Labute approximate surface area is 149 Å². The van der Waals surface area contributed by atoms with Crippen LogP contribution in [0.2, 0.25) is 0 Å². The van der Waals surface area contributed by atoms with Crippen molar-refractivity contribution in [1.29, 1.82) is 0 Å². The van der Waals surface area contributed by atoms with Crippen molar-refractivity contribution >= 4 is 28.7 Å². The highest BCUT2D eigenvalue weighted by atomic mass is 32.1. The number of para-hydroxylation sites is 1. The fraction of sp³-hybridized carbons (Fsp3) is 0.316. The summed E-state index contributed by atoms with van der Waals surface area (Å²) in [5.41, 5.74) is 3.03. The van der Waals surface area contributed by atoms with E-state index in [1.807, 2.05) is 36.4 Å². The quantitative estimate of drug-likeness (QED) is 0.720. The van der Waals surface area contributed by atoms with Crippen LogP contribution in [0.5, 0.6) is 11.5 Å². The highest BCUT2D eigenvalue weighted by molar-refractivity contribution is 7.80. The fourth-order valence-electron chi connectivity index (χ4n) is 2.45. The predicted molar refractivity (Wildman–Crippen MR) is 105 cm³/mol. The smallest absolute Gasteiger partial charge is 0.175 e. The normalized spacial score (nSPS) is 11.5. The van der Waals surface area contributed by atoms with Crippen LogP contribution in [-0.4, -0.2) is 19.3 Å². The van der Waals surface area contributed by atoms with E-state index in [1.165, 1.54) is 5.56 Å². The monoisotopic (exact) mass is 344 g/mol. The molecule has 2 aromatic carbocycles. The molecule has 0 bridgehead atoms. The first-order chi connectivity index (χ1) is 11.6. The zero-order valence-corrected chi connectivity index (χ0v) is 15.4. The number of methoxy groups -OCH3 is 2. The van der Waals surface area contributed by atoms with Crippen molar-refractivity contribution in [1.82, 2.24) is 0 Å². The van der Waals surface area contributed by atoms with Crippen molar-refractivity contribution in [3.63, 3.8) is 0 Å². The standard InChI is InChI=1S/C19H24N2O2S/c1-5-13(2)15-8-6-7-9-16(15)20-19(24)21-17-12-14(22-3)10-11-18(17)23-4/h6-13H,5H2,1-4H3,(H2,20,21,24)/t13-/m0/s1. The van der Waals surface area contributed by atoms with Gasteiger partial charge in [-0.2, -0.15) is 0 Å². The lowest BCUT2D eigenvalue weighted by Crippen LogP contribution is -2.20. The number of benzene rings is 2. The lowest BCUT2D eigenvalue weighted by atomic mass is 9.97. The molecule has 0 radical (unpaired) electrons. The number of ether oxygens (including phenoxy) is 2. The van der Waals surface area contributed by atoms with Crippen LogP contribution in [0, 0.1) is 0 Å². The zero-order chi connectivity index (χ0) is 17.5. The second-order valence-corrected chi connectivity index (χ2v) is 5.95. The van der Waals surface area contributed by atoms with Crippen LogP contribution in [0.15, 0.2) is 42.5 Å². The van der Waals surface area contributed by atoms with Gasteiger partial charge in [0.25, 0.3) is 0 Å². The van der Waals surface area contributed by atoms with E-state index in [-0.39, 0.29) is 0 Å². The van der Waals surface area contributed by atoms with Crippen LogP contribution in [0.3, 0.4) is 0 Å². The van der Waals surface area contributed by atoms with E-state index >= 15 is 0 Å². The number of rotatable bonds is 6. The molecule has 4 nitrogen and oxygen atoms in total. The number of thiocarbonyl (C=S) groups is 1. The molecule has 1 atom stereocenters. The average molecular weight is 344 g/mol. The van der Waals surface area contributed by atoms with Crippen molar-refractivity contribution in [2.45, 2.75) is 26.2 Å². The third kappa shape index (κ3) is 4.38. The van der Waals surface area contributed by atoms with E-state index in [9.17, 15) is 0 Å². The summed E-state index contributed by atoms with van der Waals surface area (Å²) in [6.45, 7) is 4.39. The van der Waals surface area contributed by atoms with Crippen molar-refractivity contribution < 1.29 is 9.47 Å². The minimum Gasteiger partial charge on any atom is -0.497 e. The number of hydrogen-bond acceptors (Lipinski definition) is 3. The summed E-state index contributed by atoms with van der Waals surface area (Å²) < 4.78 is 10.6. The third-order valence-corrected chi connectivity index (χ3v) is 4.21. The van der Waals surface area contributed by atoms with Gasteiger partial charge in [-0.25, -0.2) is 0 Å². The van der Waals surface area contributed by atoms with Crippen molar-refractivity contribution in [2.24, 2.45) is 0 Å². The second kappa shape index (κ2) is 8.55. The van der Waals surface area contributed by atoms with E-state index in [1.54, 1.807) is 14.2 Å². The van der Waals surface area contributed by atoms with E-state index in [2.05, 4.69) is 30.5 Å². The lowest BCUT2D eigenvalue weighted by Gasteiger charge is -2.18. The SMILES string of the molecule is CC[C@H](C)c1ccccc1NC(=S)Nc1cc(OC)ccc1OC. The largest absolute Gasteiger partial charge is 0.497 e. The molecule has 24 heavy (non-hydrogen) atoms. The van der Waals surface area contributed by atoms with Gasteiger partial charge in [0.05, 0.1) is 19.9 Å². The Hall–Kier alpha value is -2.27. The first-order valence-electron chi connectivity index (χ1n) is 7.98. The Bertz CT molecular complexity index is 704. The summed E-state index contributed by atoms with van der Waals surface area (Å²) in [6, 6.07) is 13.8. The van der Waals surface area contributed by atoms with Gasteiger partial charge in [0.2, 0.25) is 0 Å². The van der Waals surface area contributed by atoms with Gasteiger partial charge >= 0.3 is 0 Å². The molecule has 5 heteroatoms. The Morgan fingerprint density at radius 2 is 1.75 bits per heavy atom. The molecule has 0 heterocycles. The molecule has 2 N–H and O–H groups in total. The maximum Gasteiger partial charge on any atom is 0.175 e. The van der Waals surface area contributed by atoms with Gasteiger partial charge < -0.3 is 20.1 Å². The highest BCUT2D eigenvalue weighted by Gasteiger charge is 2.11. The minimum atomic E-state index is 0.461. The van der Waals surface area contributed by atoms with Crippen molar-refractivity contribution in [3.8, 4) is 11.5 Å². The molecule has 0 spiro atoms. The van der Waals surface area contributed by atoms with Gasteiger partial charge in [0, 0.05) is 11.8 Å². The summed E-state index contributed by atoms with van der Waals surface area (Å²) >= 11 is 5.47. The van der Waals surface area contributed by atoms with Crippen molar-refractivity contribution in [3.05, 3.63) is 48.0 Å². The zero-order valence-electron chi connectivity index (χ0n) is 14.6. The molecule has 0 amide bonds. The van der Waals surface area contributed by atoms with Crippen LogP contribution in [0.25, 0.3) is 0 Å². The third-order valence-electron chi connectivity index (χ3n) is 4.01. The molecule has 0 saturated heterocycles. The van der Waals surface area contributed by atoms with Gasteiger partial charge in [-0.15, -0.1) is 0 Å². The molecule has 2 rings (SSSR count). The van der Waals surface area contributed by atoms with Crippen LogP contribution in [0.1, 0.15) is 31.7 Å². The molecule has 0 unspecified atom stereocenters. The molecule has 0 aromatic heterocycles. The Balaban J connectivity index is 2.17. The molecular formula is C19H24N2O2S. The van der Waals surface area contributed by atoms with E-state index < -0.39 is 0 Å². The van der Waals surface area contributed by atoms with Crippen LogP contribution >= 0.6 is 12.2 Å². The molecule has 0 aliphatic rings. The number of anilines is 2.